The van der Waals surface area contributed by atoms with Crippen LogP contribution in [0.25, 0.3) is 0 Å². The predicted molar refractivity (Wildman–Crippen MR) is 120 cm³/mol. The molecule has 0 saturated carbocycles. The van der Waals surface area contributed by atoms with Gasteiger partial charge in [-0.15, -0.1) is 0 Å². The van der Waals surface area contributed by atoms with Gasteiger partial charge >= 0.3 is 0 Å². The highest BCUT2D eigenvalue weighted by atomic mass is 16.5. The van der Waals surface area contributed by atoms with Crippen LogP contribution in [0.3, 0.4) is 0 Å². The summed E-state index contributed by atoms with van der Waals surface area (Å²) in [5.74, 6) is 1.24. The van der Waals surface area contributed by atoms with Gasteiger partial charge in [0, 0.05) is 43.8 Å². The van der Waals surface area contributed by atoms with E-state index in [0.717, 1.165) is 19.4 Å². The number of nitrogens with zero attached hydrogens (tertiary/aromatic N) is 2. The van der Waals surface area contributed by atoms with E-state index in [4.69, 9.17) is 4.74 Å². The van der Waals surface area contributed by atoms with Crippen molar-refractivity contribution in [3.8, 4) is 5.75 Å². The van der Waals surface area contributed by atoms with E-state index in [2.05, 4.69) is 33.3 Å². The molecule has 158 valence electrons. The molecule has 0 spiro atoms. The number of unbranched alkanes of at least 4 members (excludes halogenated alkanes) is 1. The molecule has 30 heavy (non-hydrogen) atoms. The summed E-state index contributed by atoms with van der Waals surface area (Å²) >= 11 is 0. The van der Waals surface area contributed by atoms with Crippen molar-refractivity contribution in [1.29, 1.82) is 0 Å². The van der Waals surface area contributed by atoms with Gasteiger partial charge in [-0.25, -0.2) is 0 Å². The fourth-order valence-corrected chi connectivity index (χ4v) is 5.63. The zero-order valence-corrected chi connectivity index (χ0v) is 17.8. The van der Waals surface area contributed by atoms with Crippen LogP contribution in [0, 0.1) is 0 Å². The number of carbonyl (C=O) groups excluding carboxylic acids is 1. The number of likely N-dealkylation sites (tertiary alicyclic amines) is 1. The van der Waals surface area contributed by atoms with E-state index in [1.807, 2.05) is 18.2 Å². The number of anilines is 1. The minimum absolute atomic E-state index is 0.0545. The average Bonchev–Trinajstić information content (AvgIpc) is 3.36. The molecule has 0 bridgehead atoms. The van der Waals surface area contributed by atoms with E-state index in [1.54, 1.807) is 30.0 Å². The van der Waals surface area contributed by atoms with Crippen LogP contribution < -0.4 is 15.0 Å². The number of rotatable bonds is 7. The number of piperidine rings is 1. The fourth-order valence-electron chi connectivity index (χ4n) is 5.63. The molecular weight excluding hydrogens is 374 g/mol. The summed E-state index contributed by atoms with van der Waals surface area (Å²) in [6, 6.07) is 15.0. The molecule has 0 aromatic heterocycles. The molecular formula is C25H31N3O2. The normalized spacial score (nSPS) is 22.0. The molecule has 1 fully saturated rings. The van der Waals surface area contributed by atoms with E-state index >= 15 is 0 Å². The summed E-state index contributed by atoms with van der Waals surface area (Å²) < 4.78 is 5.28. The van der Waals surface area contributed by atoms with Crippen LogP contribution in [0.1, 0.15) is 46.7 Å². The Kier molecular flexibility index (Phi) is 5.38. The molecule has 1 N–H and O–H groups in total. The van der Waals surface area contributed by atoms with Crippen molar-refractivity contribution in [3.63, 3.8) is 0 Å². The Morgan fingerprint density at radius 2 is 2.03 bits per heavy atom. The SMILES string of the molecule is COc1ccccc1C(=O)NCCCCN1CC[C@@H]2[C@H](C1)c1cccc3c1N2CC3. The minimum atomic E-state index is -0.0545. The molecule has 3 aliphatic rings. The zero-order chi connectivity index (χ0) is 20.5. The second kappa shape index (κ2) is 8.31. The summed E-state index contributed by atoms with van der Waals surface area (Å²) in [5, 5.41) is 3.04. The van der Waals surface area contributed by atoms with Crippen LogP contribution in [-0.4, -0.2) is 56.7 Å². The van der Waals surface area contributed by atoms with Crippen LogP contribution in [0.4, 0.5) is 5.69 Å². The van der Waals surface area contributed by atoms with Crippen molar-refractivity contribution in [2.45, 2.75) is 37.6 Å². The largest absolute Gasteiger partial charge is 0.496 e. The molecule has 1 amide bonds. The molecule has 2 aromatic rings. The molecule has 2 aromatic carbocycles. The van der Waals surface area contributed by atoms with E-state index in [9.17, 15) is 4.79 Å². The molecule has 5 nitrogen and oxygen atoms in total. The lowest BCUT2D eigenvalue weighted by atomic mass is 9.87. The third kappa shape index (κ3) is 3.45. The van der Waals surface area contributed by atoms with Crippen LogP contribution in [-0.2, 0) is 6.42 Å². The summed E-state index contributed by atoms with van der Waals surface area (Å²) in [6.45, 7) is 5.39. The van der Waals surface area contributed by atoms with Gasteiger partial charge in [-0.05, 0) is 55.5 Å². The first-order chi connectivity index (χ1) is 14.8. The van der Waals surface area contributed by atoms with Crippen LogP contribution in [0.15, 0.2) is 42.5 Å². The molecule has 5 heteroatoms. The van der Waals surface area contributed by atoms with Gasteiger partial charge in [-0.3, -0.25) is 4.79 Å². The molecule has 0 radical (unpaired) electrons. The number of hydrogen-bond acceptors (Lipinski definition) is 4. The van der Waals surface area contributed by atoms with E-state index in [0.29, 0.717) is 29.8 Å². The van der Waals surface area contributed by atoms with Crippen LogP contribution in [0.5, 0.6) is 5.75 Å². The Morgan fingerprint density at radius 1 is 1.13 bits per heavy atom. The van der Waals surface area contributed by atoms with Crippen molar-refractivity contribution in [3.05, 3.63) is 59.2 Å². The maximum Gasteiger partial charge on any atom is 0.255 e. The van der Waals surface area contributed by atoms with Crippen molar-refractivity contribution < 1.29 is 9.53 Å². The zero-order valence-electron chi connectivity index (χ0n) is 17.8. The number of methoxy groups -OCH3 is 1. The molecule has 1 saturated heterocycles. The Morgan fingerprint density at radius 3 is 2.93 bits per heavy atom. The summed E-state index contributed by atoms with van der Waals surface area (Å²) in [4.78, 5) is 17.7. The maximum absolute atomic E-state index is 12.4. The molecule has 0 unspecified atom stereocenters. The first-order valence-electron chi connectivity index (χ1n) is 11.3. The third-order valence-corrected chi connectivity index (χ3v) is 7.06. The van der Waals surface area contributed by atoms with Gasteiger partial charge in [0.05, 0.1) is 12.7 Å². The average molecular weight is 406 g/mol. The van der Waals surface area contributed by atoms with Gasteiger partial charge in [0.25, 0.3) is 5.91 Å². The first-order valence-corrected chi connectivity index (χ1v) is 11.3. The van der Waals surface area contributed by atoms with E-state index in [-0.39, 0.29) is 5.91 Å². The van der Waals surface area contributed by atoms with Crippen molar-refractivity contribution in [2.75, 3.05) is 44.7 Å². The molecule has 3 heterocycles. The first kappa shape index (κ1) is 19.4. The highest BCUT2D eigenvalue weighted by Gasteiger charge is 2.44. The van der Waals surface area contributed by atoms with Gasteiger partial charge in [0.1, 0.15) is 5.75 Å². The monoisotopic (exact) mass is 405 g/mol. The number of hydrogen-bond donors (Lipinski definition) is 1. The van der Waals surface area contributed by atoms with E-state index < -0.39 is 0 Å². The number of ether oxygens (including phenoxy) is 1. The van der Waals surface area contributed by atoms with Gasteiger partial charge in [-0.2, -0.15) is 0 Å². The lowest BCUT2D eigenvalue weighted by Gasteiger charge is -2.38. The fraction of sp³-hybridized carbons (Fsp3) is 0.480. The van der Waals surface area contributed by atoms with Gasteiger partial charge in [-0.1, -0.05) is 30.3 Å². The molecule has 0 aliphatic carbocycles. The standard InChI is InChI=1S/C25H31N3O2/c1-30-23-10-3-2-8-20(23)25(29)26-13-4-5-14-27-15-12-22-21(17-27)19-9-6-7-18-11-16-28(22)24(18)19/h2-3,6-10,21-22H,4-5,11-17H2,1H3,(H,26,29)/t21-,22-/m1/s1. The smallest absolute Gasteiger partial charge is 0.255 e. The topological polar surface area (TPSA) is 44.8 Å². The van der Waals surface area contributed by atoms with E-state index in [1.165, 1.54) is 32.5 Å². The quantitative estimate of drug-likeness (QED) is 0.717. The number of amides is 1. The number of carbonyl (C=O) groups is 1. The number of benzene rings is 2. The molecule has 2 atom stereocenters. The van der Waals surface area contributed by atoms with Crippen LogP contribution in [0.2, 0.25) is 0 Å². The number of nitrogens with one attached hydrogen (secondary N) is 1. The van der Waals surface area contributed by atoms with Gasteiger partial charge in [0.15, 0.2) is 0 Å². The Hall–Kier alpha value is -2.53. The second-order valence-electron chi connectivity index (χ2n) is 8.72. The number of fused-ring (bicyclic) bond motifs is 3. The van der Waals surface area contributed by atoms with Gasteiger partial charge < -0.3 is 19.9 Å². The highest BCUT2D eigenvalue weighted by molar-refractivity contribution is 5.96. The number of para-hydroxylation sites is 2. The second-order valence-corrected chi connectivity index (χ2v) is 8.72. The molecule has 3 aliphatic heterocycles. The third-order valence-electron chi connectivity index (χ3n) is 7.06. The Labute approximate surface area is 179 Å². The highest BCUT2D eigenvalue weighted by Crippen LogP contribution is 2.49. The molecule has 5 rings (SSSR count). The lowest BCUT2D eigenvalue weighted by Crippen LogP contribution is -2.46. The van der Waals surface area contributed by atoms with Gasteiger partial charge in [0.2, 0.25) is 0 Å². The van der Waals surface area contributed by atoms with Crippen molar-refractivity contribution in [2.24, 2.45) is 0 Å². The van der Waals surface area contributed by atoms with Crippen LogP contribution >= 0.6 is 0 Å². The Balaban J connectivity index is 1.09. The maximum atomic E-state index is 12.4. The summed E-state index contributed by atoms with van der Waals surface area (Å²) in [5.41, 5.74) is 5.31. The Bertz CT molecular complexity index is 928. The van der Waals surface area contributed by atoms with Crippen molar-refractivity contribution in [1.82, 2.24) is 10.2 Å². The lowest BCUT2D eigenvalue weighted by molar-refractivity contribution is 0.0949. The summed E-state index contributed by atoms with van der Waals surface area (Å²) in [6.07, 6.45) is 4.60. The minimum Gasteiger partial charge on any atom is -0.496 e. The predicted octanol–water partition coefficient (Wildman–Crippen LogP) is 3.44. The van der Waals surface area contributed by atoms with Crippen molar-refractivity contribution >= 4 is 11.6 Å². The summed E-state index contributed by atoms with van der Waals surface area (Å²) in [7, 11) is 1.60.